The maximum Gasteiger partial charge on any atom is 0.222 e. The summed E-state index contributed by atoms with van der Waals surface area (Å²) in [6, 6.07) is 15.3. The highest BCUT2D eigenvalue weighted by Gasteiger charge is 2.38. The van der Waals surface area contributed by atoms with Crippen LogP contribution in [0.4, 0.5) is 5.82 Å². The minimum atomic E-state index is -1.20. The first kappa shape index (κ1) is 23.0. The van der Waals surface area contributed by atoms with Crippen molar-refractivity contribution in [3.8, 4) is 11.3 Å². The van der Waals surface area contributed by atoms with Crippen LogP contribution in [0.5, 0.6) is 0 Å². The maximum absolute atomic E-state index is 12.4. The van der Waals surface area contributed by atoms with Crippen LogP contribution < -0.4 is 5.73 Å². The van der Waals surface area contributed by atoms with E-state index in [1.807, 2.05) is 51.9 Å². The van der Waals surface area contributed by atoms with Gasteiger partial charge in [-0.1, -0.05) is 48.0 Å². The molecule has 7 nitrogen and oxygen atoms in total. The van der Waals surface area contributed by atoms with Gasteiger partial charge >= 0.3 is 0 Å². The summed E-state index contributed by atoms with van der Waals surface area (Å²) in [6.45, 7) is 2.45. The summed E-state index contributed by atoms with van der Waals surface area (Å²) >= 11 is 6.16. The zero-order chi connectivity index (χ0) is 25.0. The Kier molecular flexibility index (Phi) is 5.50. The number of rotatable bonds is 4. The third kappa shape index (κ3) is 3.74. The number of carbonyl (C=O) groups excluding carboxylic acids is 1. The van der Waals surface area contributed by atoms with E-state index < -0.39 is 5.60 Å². The predicted molar refractivity (Wildman–Crippen MR) is 140 cm³/mol. The summed E-state index contributed by atoms with van der Waals surface area (Å²) < 4.78 is 2.03. The number of nitrogen functional groups attached to an aromatic ring is 1. The minimum absolute atomic E-state index is 0.134. The average molecular weight is 502 g/mol. The molecule has 4 aromatic rings. The molecular weight excluding hydrogens is 474 g/mol. The molecule has 2 aromatic heterocycles. The number of imidazole rings is 1. The number of fused-ring (bicyclic) bond motifs is 2. The largest absolute Gasteiger partial charge is 0.382 e. The molecular formula is C28H28ClN5O2. The molecule has 3 N–H and O–H groups in total. The molecule has 184 valence electrons. The number of carbonyl (C=O) groups is 1. The summed E-state index contributed by atoms with van der Waals surface area (Å²) in [5, 5.41) is 11.9. The fourth-order valence-corrected chi connectivity index (χ4v) is 5.95. The van der Waals surface area contributed by atoms with E-state index in [0.29, 0.717) is 29.8 Å². The van der Waals surface area contributed by atoms with Crippen molar-refractivity contribution in [1.29, 1.82) is 0 Å². The second-order valence-electron chi connectivity index (χ2n) is 10.0. The molecule has 2 aromatic carbocycles. The Morgan fingerprint density at radius 2 is 1.92 bits per heavy atom. The molecule has 36 heavy (non-hydrogen) atoms. The number of hydrogen-bond acceptors (Lipinski definition) is 5. The van der Waals surface area contributed by atoms with Gasteiger partial charge in [0.2, 0.25) is 5.91 Å². The molecule has 2 aliphatic rings. The molecule has 0 aliphatic carbocycles. The second-order valence-corrected chi connectivity index (χ2v) is 10.5. The van der Waals surface area contributed by atoms with Gasteiger partial charge in [-0.2, -0.15) is 0 Å². The molecule has 0 bridgehead atoms. The summed E-state index contributed by atoms with van der Waals surface area (Å²) in [5.74, 6) is 1.69. The molecule has 2 saturated heterocycles. The molecule has 0 saturated carbocycles. The lowest BCUT2D eigenvalue weighted by Crippen LogP contribution is -2.41. The van der Waals surface area contributed by atoms with Crippen LogP contribution in [0.15, 0.2) is 60.9 Å². The van der Waals surface area contributed by atoms with Gasteiger partial charge in [-0.25, -0.2) is 9.97 Å². The highest BCUT2D eigenvalue weighted by Crippen LogP contribution is 2.38. The standard InChI is InChI=1S/C28H28ClN5O2/c1-28(36,20-3-2-4-21(29)15-20)19-8-5-17(6-9-19)24-25-26(30)31-13-14-33(25)27(32-24)18-7-10-22-11-12-23(35)34(22)16-18/h2-6,8-9,13-15,18,22,36H,7,10-12,16H2,1H3,(H2,30,31)/t18-,22+,28?/m1/s1. The molecule has 8 heteroatoms. The third-order valence-corrected chi connectivity index (χ3v) is 8.04. The van der Waals surface area contributed by atoms with Crippen LogP contribution in [-0.2, 0) is 10.4 Å². The van der Waals surface area contributed by atoms with Crippen molar-refractivity contribution in [3.05, 3.63) is 82.9 Å². The predicted octanol–water partition coefficient (Wildman–Crippen LogP) is 4.76. The number of amides is 1. The van der Waals surface area contributed by atoms with E-state index >= 15 is 0 Å². The van der Waals surface area contributed by atoms with Crippen molar-refractivity contribution < 1.29 is 9.90 Å². The number of aliphatic hydroxyl groups is 1. The number of aromatic nitrogens is 3. The SMILES string of the molecule is CC(O)(c1ccc(-c2nc([C@@H]3CC[C@H]4CCC(=O)N4C3)n3ccnc(N)c23)cc1)c1cccc(Cl)c1. The third-order valence-electron chi connectivity index (χ3n) is 7.80. The fraction of sp³-hybridized carbons (Fsp3) is 0.321. The van der Waals surface area contributed by atoms with E-state index in [9.17, 15) is 9.90 Å². The molecule has 2 aliphatic heterocycles. The molecule has 0 radical (unpaired) electrons. The van der Waals surface area contributed by atoms with Gasteiger partial charge in [0.15, 0.2) is 0 Å². The number of halogens is 1. The van der Waals surface area contributed by atoms with Crippen LogP contribution in [0.25, 0.3) is 16.8 Å². The number of nitrogens with zero attached hydrogens (tertiary/aromatic N) is 4. The summed E-state index contributed by atoms with van der Waals surface area (Å²) in [7, 11) is 0. The zero-order valence-electron chi connectivity index (χ0n) is 20.1. The lowest BCUT2D eigenvalue weighted by atomic mass is 9.87. The number of hydrogen-bond donors (Lipinski definition) is 2. The van der Waals surface area contributed by atoms with Crippen molar-refractivity contribution in [2.45, 2.75) is 50.2 Å². The Hall–Kier alpha value is -3.42. The second kappa shape index (κ2) is 8.61. The van der Waals surface area contributed by atoms with E-state index in [2.05, 4.69) is 4.98 Å². The molecule has 3 atom stereocenters. The van der Waals surface area contributed by atoms with Crippen molar-refractivity contribution in [2.24, 2.45) is 0 Å². The Balaban J connectivity index is 1.38. The van der Waals surface area contributed by atoms with Crippen LogP contribution in [0.2, 0.25) is 5.02 Å². The molecule has 1 unspecified atom stereocenters. The lowest BCUT2D eigenvalue weighted by Gasteiger charge is -2.34. The van der Waals surface area contributed by atoms with Gasteiger partial charge in [-0.3, -0.25) is 9.20 Å². The first-order chi connectivity index (χ1) is 17.3. The first-order valence-electron chi connectivity index (χ1n) is 12.3. The topological polar surface area (TPSA) is 96.8 Å². The van der Waals surface area contributed by atoms with E-state index in [4.69, 9.17) is 22.3 Å². The van der Waals surface area contributed by atoms with Gasteiger partial charge < -0.3 is 15.7 Å². The van der Waals surface area contributed by atoms with Gasteiger partial charge in [-0.05, 0) is 49.4 Å². The number of piperidine rings is 1. The zero-order valence-corrected chi connectivity index (χ0v) is 20.8. The van der Waals surface area contributed by atoms with Crippen LogP contribution in [0, 0.1) is 0 Å². The molecule has 2 fully saturated rings. The molecule has 6 rings (SSSR count). The van der Waals surface area contributed by atoms with Crippen LogP contribution in [0.3, 0.4) is 0 Å². The Labute approximate surface area is 214 Å². The van der Waals surface area contributed by atoms with Crippen LogP contribution in [-0.4, -0.2) is 42.9 Å². The van der Waals surface area contributed by atoms with Crippen molar-refractivity contribution in [2.75, 3.05) is 12.3 Å². The summed E-state index contributed by atoms with van der Waals surface area (Å²) in [4.78, 5) is 23.8. The van der Waals surface area contributed by atoms with Gasteiger partial charge in [0.05, 0.1) is 0 Å². The van der Waals surface area contributed by atoms with Gasteiger partial charge in [0.25, 0.3) is 0 Å². The van der Waals surface area contributed by atoms with Gasteiger partial charge in [-0.15, -0.1) is 0 Å². The number of nitrogens with two attached hydrogens (primary N) is 1. The minimum Gasteiger partial charge on any atom is -0.382 e. The smallest absolute Gasteiger partial charge is 0.222 e. The Morgan fingerprint density at radius 1 is 1.11 bits per heavy atom. The van der Waals surface area contributed by atoms with E-state index in [-0.39, 0.29) is 11.8 Å². The van der Waals surface area contributed by atoms with Gasteiger partial charge in [0, 0.05) is 47.9 Å². The number of anilines is 1. The van der Waals surface area contributed by atoms with Crippen LogP contribution >= 0.6 is 11.6 Å². The van der Waals surface area contributed by atoms with Crippen molar-refractivity contribution >= 4 is 28.8 Å². The van der Waals surface area contributed by atoms with E-state index in [1.165, 1.54) is 0 Å². The number of benzene rings is 2. The quantitative estimate of drug-likeness (QED) is 0.420. The maximum atomic E-state index is 12.4. The first-order valence-corrected chi connectivity index (χ1v) is 12.7. The van der Waals surface area contributed by atoms with Gasteiger partial charge in [0.1, 0.15) is 28.5 Å². The lowest BCUT2D eigenvalue weighted by molar-refractivity contribution is -0.130. The molecule has 4 heterocycles. The van der Waals surface area contributed by atoms with Crippen molar-refractivity contribution in [1.82, 2.24) is 19.3 Å². The summed E-state index contributed by atoms with van der Waals surface area (Å²) in [6.07, 6.45) is 7.17. The fourth-order valence-electron chi connectivity index (χ4n) is 5.76. The van der Waals surface area contributed by atoms with Crippen LogP contribution in [0.1, 0.15) is 55.5 Å². The summed E-state index contributed by atoms with van der Waals surface area (Å²) in [5.41, 5.74) is 9.00. The highest BCUT2D eigenvalue weighted by molar-refractivity contribution is 6.30. The molecule has 1 amide bonds. The van der Waals surface area contributed by atoms with E-state index in [0.717, 1.165) is 53.0 Å². The normalized spacial score (nSPS) is 21.5. The highest BCUT2D eigenvalue weighted by atomic mass is 35.5. The van der Waals surface area contributed by atoms with Crippen molar-refractivity contribution in [3.63, 3.8) is 0 Å². The Morgan fingerprint density at radius 3 is 2.69 bits per heavy atom. The Bertz CT molecular complexity index is 1460. The monoisotopic (exact) mass is 501 g/mol. The van der Waals surface area contributed by atoms with E-state index in [1.54, 1.807) is 25.3 Å². The average Bonchev–Trinajstić information content (AvgIpc) is 3.45. The molecule has 0 spiro atoms.